The van der Waals surface area contributed by atoms with Crippen LogP contribution in [0.1, 0.15) is 16.1 Å². The lowest BCUT2D eigenvalue weighted by atomic mass is 10.3. The van der Waals surface area contributed by atoms with Gasteiger partial charge in [-0.3, -0.25) is 0 Å². The van der Waals surface area contributed by atoms with E-state index in [0.29, 0.717) is 5.16 Å². The summed E-state index contributed by atoms with van der Waals surface area (Å²) in [6.45, 7) is 1.79. The summed E-state index contributed by atoms with van der Waals surface area (Å²) in [4.78, 5) is 22.8. The maximum Gasteiger partial charge on any atom is 0.338 e. The van der Waals surface area contributed by atoms with Crippen molar-refractivity contribution < 1.29 is 14.3 Å². The van der Waals surface area contributed by atoms with Crippen LogP contribution in [-0.2, 0) is 0 Å². The zero-order chi connectivity index (χ0) is 13.1. The fourth-order valence-corrected chi connectivity index (χ4v) is 2.06. The van der Waals surface area contributed by atoms with Crippen molar-refractivity contribution in [1.82, 2.24) is 15.0 Å². The largest absolute Gasteiger partial charge is 0.478 e. The molecule has 0 spiro atoms. The summed E-state index contributed by atoms with van der Waals surface area (Å²) in [6, 6.07) is 2.65. The van der Waals surface area contributed by atoms with E-state index in [1.807, 2.05) is 0 Å². The molecule has 1 N–H and O–H groups in total. The third-order valence-corrected chi connectivity index (χ3v) is 2.91. The third kappa shape index (κ3) is 2.80. The smallest absolute Gasteiger partial charge is 0.338 e. The van der Waals surface area contributed by atoms with Crippen molar-refractivity contribution in [1.29, 1.82) is 0 Å². The highest BCUT2D eigenvalue weighted by molar-refractivity contribution is 7.99. The molecular weight excluding hydrogens is 257 g/mol. The average Bonchev–Trinajstić information content (AvgIpc) is 2.31. The van der Waals surface area contributed by atoms with Crippen molar-refractivity contribution in [2.45, 2.75) is 17.1 Å². The van der Waals surface area contributed by atoms with Crippen LogP contribution >= 0.6 is 11.8 Å². The third-order valence-electron chi connectivity index (χ3n) is 2.01. The van der Waals surface area contributed by atoms with E-state index >= 15 is 0 Å². The van der Waals surface area contributed by atoms with Crippen molar-refractivity contribution in [2.24, 2.45) is 0 Å². The van der Waals surface area contributed by atoms with Gasteiger partial charge in [0.15, 0.2) is 5.16 Å². The van der Waals surface area contributed by atoms with E-state index in [1.165, 1.54) is 0 Å². The first-order valence-corrected chi connectivity index (χ1v) is 5.74. The minimum atomic E-state index is -1.24. The Morgan fingerprint density at radius 2 is 2.22 bits per heavy atom. The number of hydrogen-bond acceptors (Lipinski definition) is 5. The topological polar surface area (TPSA) is 76.0 Å². The molecule has 0 unspecified atom stereocenters. The molecule has 18 heavy (non-hydrogen) atoms. The average molecular weight is 265 g/mol. The molecule has 0 bridgehead atoms. The van der Waals surface area contributed by atoms with Gasteiger partial charge >= 0.3 is 5.97 Å². The van der Waals surface area contributed by atoms with Gasteiger partial charge in [0.05, 0.1) is 11.8 Å². The van der Waals surface area contributed by atoms with Crippen LogP contribution in [0.3, 0.4) is 0 Å². The van der Waals surface area contributed by atoms with Crippen LogP contribution in [0, 0.1) is 12.7 Å². The summed E-state index contributed by atoms with van der Waals surface area (Å²) < 4.78 is 12.9. The van der Waals surface area contributed by atoms with Gasteiger partial charge in [0.2, 0.25) is 0 Å². The van der Waals surface area contributed by atoms with Crippen LogP contribution in [0.2, 0.25) is 0 Å². The van der Waals surface area contributed by atoms with Crippen LogP contribution in [0.15, 0.2) is 34.7 Å². The number of aromatic nitrogens is 3. The molecule has 2 rings (SSSR count). The fraction of sp³-hybridized carbons (Fsp3) is 0.0909. The molecule has 2 aromatic rings. The van der Waals surface area contributed by atoms with Crippen molar-refractivity contribution >= 4 is 17.7 Å². The van der Waals surface area contributed by atoms with E-state index in [-0.39, 0.29) is 10.6 Å². The van der Waals surface area contributed by atoms with Gasteiger partial charge in [0.1, 0.15) is 10.8 Å². The van der Waals surface area contributed by atoms with Crippen molar-refractivity contribution in [3.63, 3.8) is 0 Å². The number of carbonyl (C=O) groups is 1. The molecule has 0 fully saturated rings. The molecule has 0 aliphatic rings. The van der Waals surface area contributed by atoms with Gasteiger partial charge in [-0.1, -0.05) is 0 Å². The molecule has 0 aliphatic carbocycles. The highest BCUT2D eigenvalue weighted by Crippen LogP contribution is 2.26. The Bertz CT molecular complexity index is 607. The number of carboxylic acids is 1. The van der Waals surface area contributed by atoms with E-state index < -0.39 is 11.8 Å². The molecule has 7 heteroatoms. The normalized spacial score (nSPS) is 10.3. The van der Waals surface area contributed by atoms with Crippen molar-refractivity contribution in [3.05, 3.63) is 41.6 Å². The van der Waals surface area contributed by atoms with E-state index in [1.54, 1.807) is 19.2 Å². The molecule has 0 saturated carbocycles. The predicted octanol–water partition coefficient (Wildman–Crippen LogP) is 2.17. The van der Waals surface area contributed by atoms with Gasteiger partial charge in [0, 0.05) is 11.9 Å². The Morgan fingerprint density at radius 3 is 2.89 bits per heavy atom. The quantitative estimate of drug-likeness (QED) is 0.857. The summed E-state index contributed by atoms with van der Waals surface area (Å²) in [7, 11) is 0. The van der Waals surface area contributed by atoms with E-state index in [4.69, 9.17) is 5.11 Å². The number of halogens is 1. The van der Waals surface area contributed by atoms with Gasteiger partial charge < -0.3 is 5.11 Å². The van der Waals surface area contributed by atoms with Crippen LogP contribution in [0.4, 0.5) is 4.39 Å². The molecule has 0 saturated heterocycles. The molecular formula is C11H8FN3O2S. The summed E-state index contributed by atoms with van der Waals surface area (Å²) >= 11 is 0.985. The summed E-state index contributed by atoms with van der Waals surface area (Å²) in [5.41, 5.74) is 0.552. The standard InChI is InChI=1S/C11H8FN3O2S/c1-6-2-3-13-11(15-6)18-9-8(10(16)17)4-7(12)5-14-9/h2-5H,1H3,(H,16,17). The second-order valence-corrected chi connectivity index (χ2v) is 4.35. The Balaban J connectivity index is 2.37. The molecule has 2 heterocycles. The first-order chi connectivity index (χ1) is 8.56. The lowest BCUT2D eigenvalue weighted by Gasteiger charge is -2.03. The monoisotopic (exact) mass is 265 g/mol. The Labute approximate surface area is 106 Å². The maximum atomic E-state index is 12.9. The number of rotatable bonds is 3. The van der Waals surface area contributed by atoms with Crippen LogP contribution in [-0.4, -0.2) is 26.0 Å². The van der Waals surface area contributed by atoms with Crippen molar-refractivity contribution in [2.75, 3.05) is 0 Å². The second kappa shape index (κ2) is 5.09. The first-order valence-electron chi connectivity index (χ1n) is 4.92. The second-order valence-electron chi connectivity index (χ2n) is 3.39. The first kappa shape index (κ1) is 12.4. The summed E-state index contributed by atoms with van der Waals surface area (Å²) in [6.07, 6.45) is 2.53. The number of carboxylic acid groups (broad SMARTS) is 1. The van der Waals surface area contributed by atoms with Crippen LogP contribution in [0.5, 0.6) is 0 Å². The predicted molar refractivity (Wildman–Crippen MR) is 62.0 cm³/mol. The van der Waals surface area contributed by atoms with Gasteiger partial charge in [0.25, 0.3) is 0 Å². The molecule has 2 aromatic heterocycles. The van der Waals surface area contributed by atoms with Gasteiger partial charge in [-0.15, -0.1) is 0 Å². The van der Waals surface area contributed by atoms with Gasteiger partial charge in [-0.2, -0.15) is 0 Å². The Morgan fingerprint density at radius 1 is 1.44 bits per heavy atom. The minimum Gasteiger partial charge on any atom is -0.478 e. The Hall–Kier alpha value is -2.02. The van der Waals surface area contributed by atoms with E-state index in [2.05, 4.69) is 15.0 Å². The highest BCUT2D eigenvalue weighted by atomic mass is 32.2. The zero-order valence-corrected chi connectivity index (χ0v) is 10.1. The van der Waals surface area contributed by atoms with Gasteiger partial charge in [-0.25, -0.2) is 24.1 Å². The Kier molecular flexibility index (Phi) is 3.52. The number of aryl methyl sites for hydroxylation is 1. The molecule has 0 radical (unpaired) electrons. The number of nitrogens with zero attached hydrogens (tertiary/aromatic N) is 3. The van der Waals surface area contributed by atoms with Gasteiger partial charge in [-0.05, 0) is 30.8 Å². The highest BCUT2D eigenvalue weighted by Gasteiger charge is 2.15. The van der Waals surface area contributed by atoms with Crippen LogP contribution in [0.25, 0.3) is 0 Å². The zero-order valence-electron chi connectivity index (χ0n) is 9.29. The van der Waals surface area contributed by atoms with E-state index in [9.17, 15) is 9.18 Å². The van der Waals surface area contributed by atoms with Crippen molar-refractivity contribution in [3.8, 4) is 0 Å². The maximum absolute atomic E-state index is 12.9. The van der Waals surface area contributed by atoms with Crippen LogP contribution < -0.4 is 0 Å². The molecule has 0 aliphatic heterocycles. The lowest BCUT2D eigenvalue weighted by Crippen LogP contribution is -2.02. The number of hydrogen-bond donors (Lipinski definition) is 1. The number of aromatic carboxylic acids is 1. The molecule has 5 nitrogen and oxygen atoms in total. The number of pyridine rings is 1. The molecule has 0 aromatic carbocycles. The summed E-state index contributed by atoms with van der Waals surface area (Å²) in [5.74, 6) is -1.93. The SMILES string of the molecule is Cc1ccnc(Sc2ncc(F)cc2C(=O)O)n1. The van der Waals surface area contributed by atoms with E-state index in [0.717, 1.165) is 29.7 Å². The summed E-state index contributed by atoms with van der Waals surface area (Å²) in [5, 5.41) is 9.50. The minimum absolute atomic E-state index is 0.162. The molecule has 92 valence electrons. The fourth-order valence-electron chi connectivity index (χ4n) is 1.22. The lowest BCUT2D eigenvalue weighted by molar-refractivity contribution is 0.0691. The molecule has 0 amide bonds. The molecule has 0 atom stereocenters.